The summed E-state index contributed by atoms with van der Waals surface area (Å²) >= 11 is 3.46. The van der Waals surface area contributed by atoms with E-state index < -0.39 is 0 Å². The molecule has 0 spiro atoms. The van der Waals surface area contributed by atoms with Crippen molar-refractivity contribution in [2.24, 2.45) is 0 Å². The molecule has 0 fully saturated rings. The lowest BCUT2D eigenvalue weighted by Gasteiger charge is -2.04. The number of ether oxygens (including phenoxy) is 1. The fraction of sp³-hybridized carbons (Fsp3) is 0. The number of hydrogen-bond donors (Lipinski definition) is 2. The van der Waals surface area contributed by atoms with Gasteiger partial charge in [-0.1, -0.05) is 15.9 Å². The molecule has 0 unspecified atom stereocenters. The summed E-state index contributed by atoms with van der Waals surface area (Å²) in [5, 5.41) is 1.04. The normalized spacial score (nSPS) is 10.7. The van der Waals surface area contributed by atoms with Gasteiger partial charge in [0.05, 0.1) is 0 Å². The maximum Gasteiger partial charge on any atom is 0.152 e. The summed E-state index contributed by atoms with van der Waals surface area (Å²) in [7, 11) is 0. The van der Waals surface area contributed by atoms with Crippen LogP contribution in [-0.2, 0) is 0 Å². The molecule has 3 N–H and O–H groups in total. The van der Waals surface area contributed by atoms with Gasteiger partial charge in [-0.15, -0.1) is 0 Å². The van der Waals surface area contributed by atoms with Crippen molar-refractivity contribution in [3.63, 3.8) is 0 Å². The molecule has 0 radical (unpaired) electrons. The number of halogens is 1. The molecule has 0 atom stereocenters. The molecule has 1 heterocycles. The van der Waals surface area contributed by atoms with E-state index in [0.29, 0.717) is 0 Å². The summed E-state index contributed by atoms with van der Waals surface area (Å²) in [6, 6.07) is 13.4. The number of anilines is 1. The first kappa shape index (κ1) is 11.2. The van der Waals surface area contributed by atoms with E-state index in [4.69, 9.17) is 10.5 Å². The van der Waals surface area contributed by atoms with Gasteiger partial charge in [-0.2, -0.15) is 0 Å². The zero-order chi connectivity index (χ0) is 12.5. The maximum absolute atomic E-state index is 5.83. The second-order valence-corrected chi connectivity index (χ2v) is 4.93. The van der Waals surface area contributed by atoms with Gasteiger partial charge < -0.3 is 15.5 Å². The third kappa shape index (κ3) is 2.07. The molecule has 0 bridgehead atoms. The van der Waals surface area contributed by atoms with Crippen molar-refractivity contribution in [3.8, 4) is 11.5 Å². The van der Waals surface area contributed by atoms with Gasteiger partial charge >= 0.3 is 0 Å². The van der Waals surface area contributed by atoms with E-state index in [1.807, 2.05) is 48.7 Å². The second kappa shape index (κ2) is 4.38. The molecule has 90 valence electrons. The zero-order valence-corrected chi connectivity index (χ0v) is 11.1. The fourth-order valence-electron chi connectivity index (χ4n) is 1.81. The number of benzene rings is 2. The van der Waals surface area contributed by atoms with E-state index in [1.54, 1.807) is 0 Å². The summed E-state index contributed by atoms with van der Waals surface area (Å²) in [6.07, 6.45) is 1.85. The molecule has 3 rings (SSSR count). The van der Waals surface area contributed by atoms with Crippen LogP contribution in [0.3, 0.4) is 0 Å². The van der Waals surface area contributed by atoms with Crippen LogP contribution in [0.25, 0.3) is 10.9 Å². The first-order valence-electron chi connectivity index (χ1n) is 5.52. The van der Waals surface area contributed by atoms with E-state index in [9.17, 15) is 0 Å². The van der Waals surface area contributed by atoms with Gasteiger partial charge in [-0.05, 0) is 42.5 Å². The van der Waals surface area contributed by atoms with Crippen molar-refractivity contribution < 1.29 is 4.74 Å². The lowest BCUT2D eigenvalue weighted by atomic mass is 10.2. The summed E-state index contributed by atoms with van der Waals surface area (Å²) in [5.74, 6) is 1.57. The Morgan fingerprint density at radius 2 is 1.83 bits per heavy atom. The van der Waals surface area contributed by atoms with Crippen LogP contribution in [0.4, 0.5) is 5.69 Å². The predicted octanol–water partition coefficient (Wildman–Crippen LogP) is 4.30. The van der Waals surface area contributed by atoms with E-state index in [0.717, 1.165) is 32.6 Å². The van der Waals surface area contributed by atoms with Crippen molar-refractivity contribution >= 4 is 32.5 Å². The quantitative estimate of drug-likeness (QED) is 0.693. The lowest BCUT2D eigenvalue weighted by molar-refractivity contribution is 0.488. The Morgan fingerprint density at radius 1 is 1.06 bits per heavy atom. The van der Waals surface area contributed by atoms with Crippen LogP contribution in [0.2, 0.25) is 0 Å². The average Bonchev–Trinajstić information content (AvgIpc) is 2.75. The number of nitrogen functional groups attached to an aromatic ring is 1. The highest BCUT2D eigenvalue weighted by Crippen LogP contribution is 2.31. The van der Waals surface area contributed by atoms with Gasteiger partial charge in [0.25, 0.3) is 0 Å². The van der Waals surface area contributed by atoms with Crippen LogP contribution in [0.15, 0.2) is 53.1 Å². The molecule has 1 aromatic heterocycles. The standard InChI is InChI=1S/C14H11BrN2O/c15-9-1-6-13-12(7-9)14(8-17-13)18-11-4-2-10(16)3-5-11/h1-8,17H,16H2. The van der Waals surface area contributed by atoms with E-state index in [1.165, 1.54) is 0 Å². The SMILES string of the molecule is Nc1ccc(Oc2c[nH]c3ccc(Br)cc23)cc1. The number of fused-ring (bicyclic) bond motifs is 1. The lowest BCUT2D eigenvalue weighted by Crippen LogP contribution is -1.85. The van der Waals surface area contributed by atoms with Crippen LogP contribution < -0.4 is 10.5 Å². The van der Waals surface area contributed by atoms with E-state index >= 15 is 0 Å². The molecular weight excluding hydrogens is 292 g/mol. The summed E-state index contributed by atoms with van der Waals surface area (Å²) in [4.78, 5) is 3.18. The molecule has 2 aromatic carbocycles. The Balaban J connectivity index is 1.99. The van der Waals surface area contributed by atoms with Crippen LogP contribution >= 0.6 is 15.9 Å². The Labute approximate surface area is 113 Å². The highest BCUT2D eigenvalue weighted by atomic mass is 79.9. The minimum atomic E-state index is 0.726. The van der Waals surface area contributed by atoms with Crippen molar-refractivity contribution in [1.82, 2.24) is 4.98 Å². The van der Waals surface area contributed by atoms with Gasteiger partial charge in [-0.3, -0.25) is 0 Å². The van der Waals surface area contributed by atoms with E-state index in [-0.39, 0.29) is 0 Å². The smallest absolute Gasteiger partial charge is 0.152 e. The molecule has 0 saturated heterocycles. The number of aromatic amines is 1. The van der Waals surface area contributed by atoms with Crippen LogP contribution in [0, 0.1) is 0 Å². The molecule has 0 aliphatic rings. The molecular formula is C14H11BrN2O. The van der Waals surface area contributed by atoms with Crippen LogP contribution in [0.5, 0.6) is 11.5 Å². The van der Waals surface area contributed by atoms with Gasteiger partial charge in [0.2, 0.25) is 0 Å². The molecule has 0 saturated carbocycles. The highest BCUT2D eigenvalue weighted by molar-refractivity contribution is 9.10. The predicted molar refractivity (Wildman–Crippen MR) is 76.9 cm³/mol. The third-order valence-corrected chi connectivity index (χ3v) is 3.21. The first-order chi connectivity index (χ1) is 8.72. The Morgan fingerprint density at radius 3 is 2.61 bits per heavy atom. The van der Waals surface area contributed by atoms with Crippen LogP contribution in [0.1, 0.15) is 0 Å². The Kier molecular flexibility index (Phi) is 2.72. The molecule has 18 heavy (non-hydrogen) atoms. The second-order valence-electron chi connectivity index (χ2n) is 4.01. The first-order valence-corrected chi connectivity index (χ1v) is 6.32. The summed E-state index contributed by atoms with van der Waals surface area (Å²) in [6.45, 7) is 0. The monoisotopic (exact) mass is 302 g/mol. The van der Waals surface area contributed by atoms with Crippen LogP contribution in [-0.4, -0.2) is 4.98 Å². The third-order valence-electron chi connectivity index (χ3n) is 2.71. The van der Waals surface area contributed by atoms with Crippen molar-refractivity contribution in [1.29, 1.82) is 0 Å². The van der Waals surface area contributed by atoms with Gasteiger partial charge in [0.15, 0.2) is 5.75 Å². The average molecular weight is 303 g/mol. The summed E-state index contributed by atoms with van der Waals surface area (Å²) < 4.78 is 6.86. The van der Waals surface area contributed by atoms with Gasteiger partial charge in [0, 0.05) is 27.3 Å². The number of nitrogens with one attached hydrogen (secondary N) is 1. The number of H-pyrrole nitrogens is 1. The summed E-state index contributed by atoms with van der Waals surface area (Å²) in [5.41, 5.74) is 7.41. The van der Waals surface area contributed by atoms with Gasteiger partial charge in [0.1, 0.15) is 5.75 Å². The number of nitrogens with two attached hydrogens (primary N) is 1. The topological polar surface area (TPSA) is 51.0 Å². The number of hydrogen-bond acceptors (Lipinski definition) is 2. The molecule has 4 heteroatoms. The fourth-order valence-corrected chi connectivity index (χ4v) is 2.18. The van der Waals surface area contributed by atoms with Gasteiger partial charge in [-0.25, -0.2) is 0 Å². The maximum atomic E-state index is 5.83. The minimum absolute atomic E-state index is 0.726. The Hall–Kier alpha value is -1.94. The van der Waals surface area contributed by atoms with Crippen molar-refractivity contribution in [2.45, 2.75) is 0 Å². The minimum Gasteiger partial charge on any atom is -0.455 e. The van der Waals surface area contributed by atoms with Crippen molar-refractivity contribution in [3.05, 3.63) is 53.1 Å². The van der Waals surface area contributed by atoms with Crippen molar-refractivity contribution in [2.75, 3.05) is 5.73 Å². The molecule has 3 nitrogen and oxygen atoms in total. The Bertz CT molecular complexity index is 689. The molecule has 3 aromatic rings. The number of rotatable bonds is 2. The largest absolute Gasteiger partial charge is 0.455 e. The zero-order valence-electron chi connectivity index (χ0n) is 9.48. The molecule has 0 aliphatic heterocycles. The molecule has 0 amide bonds. The molecule has 0 aliphatic carbocycles. The highest BCUT2D eigenvalue weighted by Gasteiger charge is 2.06. The van der Waals surface area contributed by atoms with E-state index in [2.05, 4.69) is 20.9 Å². The number of aromatic nitrogens is 1.